The van der Waals surface area contributed by atoms with Crippen molar-refractivity contribution in [2.24, 2.45) is 0 Å². The number of anilines is 2. The molecular formula is C13H15BrN2O2S2. The number of thiophene rings is 1. The van der Waals surface area contributed by atoms with E-state index in [0.717, 1.165) is 19.8 Å². The molecule has 1 aromatic heterocycles. The maximum absolute atomic E-state index is 12.5. The highest BCUT2D eigenvalue weighted by Crippen LogP contribution is 2.32. The van der Waals surface area contributed by atoms with Gasteiger partial charge in [0.2, 0.25) is 0 Å². The van der Waals surface area contributed by atoms with Crippen molar-refractivity contribution in [1.29, 1.82) is 0 Å². The van der Waals surface area contributed by atoms with Crippen LogP contribution in [0, 0.1) is 20.8 Å². The van der Waals surface area contributed by atoms with Crippen molar-refractivity contribution in [2.45, 2.75) is 25.7 Å². The number of hydrogen-bond donors (Lipinski definition) is 2. The van der Waals surface area contributed by atoms with Gasteiger partial charge in [-0.15, -0.1) is 11.3 Å². The van der Waals surface area contributed by atoms with E-state index in [9.17, 15) is 8.42 Å². The molecule has 0 unspecified atom stereocenters. The number of rotatable bonds is 3. The van der Waals surface area contributed by atoms with Crippen LogP contribution in [0.1, 0.15) is 16.0 Å². The van der Waals surface area contributed by atoms with Gasteiger partial charge in [-0.1, -0.05) is 0 Å². The van der Waals surface area contributed by atoms with E-state index < -0.39 is 10.0 Å². The minimum atomic E-state index is -3.59. The van der Waals surface area contributed by atoms with Crippen LogP contribution in [0.3, 0.4) is 0 Å². The first-order chi connectivity index (χ1) is 9.20. The lowest BCUT2D eigenvalue weighted by Gasteiger charge is -2.14. The first-order valence-electron chi connectivity index (χ1n) is 5.86. The largest absolute Gasteiger partial charge is 0.399 e. The molecule has 7 heteroatoms. The number of halogens is 1. The Labute approximate surface area is 131 Å². The summed E-state index contributed by atoms with van der Waals surface area (Å²) in [5.74, 6) is 0. The zero-order valence-electron chi connectivity index (χ0n) is 11.3. The molecule has 0 aliphatic heterocycles. The van der Waals surface area contributed by atoms with Gasteiger partial charge in [0.25, 0.3) is 10.0 Å². The van der Waals surface area contributed by atoms with E-state index >= 15 is 0 Å². The zero-order valence-corrected chi connectivity index (χ0v) is 14.5. The fraction of sp³-hybridized carbons (Fsp3) is 0.231. The Kier molecular flexibility index (Phi) is 4.13. The molecule has 0 aliphatic rings. The molecule has 1 aromatic carbocycles. The van der Waals surface area contributed by atoms with Gasteiger partial charge in [0.05, 0.1) is 9.47 Å². The fourth-order valence-corrected chi connectivity index (χ4v) is 5.66. The van der Waals surface area contributed by atoms with Gasteiger partial charge in [-0.05, 0) is 66.0 Å². The third-order valence-electron chi connectivity index (χ3n) is 2.92. The van der Waals surface area contributed by atoms with Gasteiger partial charge in [-0.25, -0.2) is 8.42 Å². The standard InChI is InChI=1S/C13H15BrN2O2S2/c1-7-4-10(15)5-8(2)13(7)16-20(17,18)11-6-12(14)19-9(11)3/h4-6,16H,15H2,1-3H3. The summed E-state index contributed by atoms with van der Waals surface area (Å²) in [6.07, 6.45) is 0. The van der Waals surface area contributed by atoms with E-state index in [0.29, 0.717) is 16.3 Å². The number of aryl methyl sites for hydroxylation is 3. The number of nitrogens with one attached hydrogen (secondary N) is 1. The smallest absolute Gasteiger partial charge is 0.263 e. The lowest BCUT2D eigenvalue weighted by atomic mass is 10.1. The molecule has 3 N–H and O–H groups in total. The second kappa shape index (κ2) is 5.38. The average Bonchev–Trinajstić information content (AvgIpc) is 2.64. The van der Waals surface area contributed by atoms with Crippen LogP contribution < -0.4 is 10.5 Å². The van der Waals surface area contributed by atoms with Gasteiger partial charge in [-0.3, -0.25) is 4.72 Å². The molecule has 0 saturated carbocycles. The molecule has 0 saturated heterocycles. The molecule has 108 valence electrons. The second-order valence-corrected chi connectivity index (χ2v) is 8.89. The summed E-state index contributed by atoms with van der Waals surface area (Å²) in [7, 11) is -3.59. The van der Waals surface area contributed by atoms with Crippen molar-refractivity contribution >= 4 is 48.7 Å². The van der Waals surface area contributed by atoms with Gasteiger partial charge >= 0.3 is 0 Å². The van der Waals surface area contributed by atoms with Crippen LogP contribution >= 0.6 is 27.3 Å². The van der Waals surface area contributed by atoms with Gasteiger partial charge in [0.1, 0.15) is 4.90 Å². The zero-order chi connectivity index (χ0) is 15.1. The van der Waals surface area contributed by atoms with Gasteiger partial charge in [-0.2, -0.15) is 0 Å². The maximum Gasteiger partial charge on any atom is 0.263 e. The topological polar surface area (TPSA) is 72.2 Å². The molecule has 0 atom stereocenters. The van der Waals surface area contributed by atoms with E-state index in [1.54, 1.807) is 25.1 Å². The number of nitrogens with two attached hydrogens (primary N) is 1. The second-order valence-electron chi connectivity index (χ2n) is 4.61. The van der Waals surface area contributed by atoms with Crippen LogP contribution in [-0.4, -0.2) is 8.42 Å². The molecule has 4 nitrogen and oxygen atoms in total. The van der Waals surface area contributed by atoms with E-state index in [4.69, 9.17) is 5.73 Å². The molecule has 0 aliphatic carbocycles. The predicted molar refractivity (Wildman–Crippen MR) is 87.9 cm³/mol. The monoisotopic (exact) mass is 374 g/mol. The van der Waals surface area contributed by atoms with Gasteiger partial charge in [0, 0.05) is 10.6 Å². The summed E-state index contributed by atoms with van der Waals surface area (Å²) in [4.78, 5) is 1.04. The summed E-state index contributed by atoms with van der Waals surface area (Å²) >= 11 is 4.70. The van der Waals surface area contributed by atoms with Crippen molar-refractivity contribution in [2.75, 3.05) is 10.5 Å². The fourth-order valence-electron chi connectivity index (χ4n) is 2.04. The number of hydrogen-bond acceptors (Lipinski definition) is 4. The van der Waals surface area contributed by atoms with Crippen LogP contribution in [0.15, 0.2) is 26.9 Å². The molecule has 0 amide bonds. The van der Waals surface area contributed by atoms with Crippen molar-refractivity contribution < 1.29 is 8.42 Å². The molecule has 1 heterocycles. The normalized spacial score (nSPS) is 11.6. The molecular weight excluding hydrogens is 360 g/mol. The number of benzene rings is 1. The lowest BCUT2D eigenvalue weighted by Crippen LogP contribution is -2.15. The molecule has 2 aromatic rings. The van der Waals surface area contributed by atoms with Crippen molar-refractivity contribution in [3.8, 4) is 0 Å². The van der Waals surface area contributed by atoms with Crippen molar-refractivity contribution in [3.63, 3.8) is 0 Å². The molecule has 0 bridgehead atoms. The molecule has 0 spiro atoms. The van der Waals surface area contributed by atoms with Crippen LogP contribution in [0.5, 0.6) is 0 Å². The van der Waals surface area contributed by atoms with Crippen LogP contribution in [0.4, 0.5) is 11.4 Å². The summed E-state index contributed by atoms with van der Waals surface area (Å²) in [5, 5.41) is 0. The highest BCUT2D eigenvalue weighted by molar-refractivity contribution is 9.11. The van der Waals surface area contributed by atoms with E-state index in [2.05, 4.69) is 20.7 Å². The van der Waals surface area contributed by atoms with Crippen molar-refractivity contribution in [3.05, 3.63) is 38.0 Å². The summed E-state index contributed by atoms with van der Waals surface area (Å²) in [6, 6.07) is 5.12. The SMILES string of the molecule is Cc1cc(N)cc(C)c1NS(=O)(=O)c1cc(Br)sc1C. The quantitative estimate of drug-likeness (QED) is 0.802. The first kappa shape index (κ1) is 15.3. The Hall–Kier alpha value is -1.05. The number of sulfonamides is 1. The maximum atomic E-state index is 12.5. The molecule has 0 fully saturated rings. The Morgan fingerprint density at radius 2 is 1.70 bits per heavy atom. The Morgan fingerprint density at radius 1 is 1.15 bits per heavy atom. The lowest BCUT2D eigenvalue weighted by molar-refractivity contribution is 0.601. The minimum Gasteiger partial charge on any atom is -0.399 e. The summed E-state index contributed by atoms with van der Waals surface area (Å²) < 4.78 is 28.4. The van der Waals surface area contributed by atoms with Crippen LogP contribution in [0.25, 0.3) is 0 Å². The first-order valence-corrected chi connectivity index (χ1v) is 8.95. The van der Waals surface area contributed by atoms with Crippen LogP contribution in [-0.2, 0) is 10.0 Å². The third kappa shape index (κ3) is 2.99. The predicted octanol–water partition coefficient (Wildman–Crippen LogP) is 3.82. The van der Waals surface area contributed by atoms with Gasteiger partial charge < -0.3 is 5.73 Å². The van der Waals surface area contributed by atoms with E-state index in [-0.39, 0.29) is 0 Å². The summed E-state index contributed by atoms with van der Waals surface area (Å²) in [5.41, 5.74) is 8.56. The number of nitrogen functional groups attached to an aromatic ring is 1. The Morgan fingerprint density at radius 3 is 2.15 bits per heavy atom. The average molecular weight is 375 g/mol. The third-order valence-corrected chi connectivity index (χ3v) is 6.08. The highest BCUT2D eigenvalue weighted by Gasteiger charge is 2.21. The highest BCUT2D eigenvalue weighted by atomic mass is 79.9. The Bertz CT molecular complexity index is 744. The Balaban J connectivity index is 2.46. The minimum absolute atomic E-state index is 0.296. The van der Waals surface area contributed by atoms with E-state index in [1.165, 1.54) is 11.3 Å². The molecule has 20 heavy (non-hydrogen) atoms. The summed E-state index contributed by atoms with van der Waals surface area (Å²) in [6.45, 7) is 5.45. The molecule has 2 rings (SSSR count). The van der Waals surface area contributed by atoms with Crippen molar-refractivity contribution in [1.82, 2.24) is 0 Å². The van der Waals surface area contributed by atoms with Gasteiger partial charge in [0.15, 0.2) is 0 Å². The van der Waals surface area contributed by atoms with E-state index in [1.807, 2.05) is 13.8 Å². The molecule has 0 radical (unpaired) electrons. The van der Waals surface area contributed by atoms with Crippen LogP contribution in [0.2, 0.25) is 0 Å².